The minimum absolute atomic E-state index is 0.465. The Morgan fingerprint density at radius 3 is 2.64 bits per heavy atom. The van der Waals surface area contributed by atoms with Gasteiger partial charge < -0.3 is 9.63 Å². The summed E-state index contributed by atoms with van der Waals surface area (Å²) in [6.07, 6.45) is -1.10. The Balaban J connectivity index is 3.00. The summed E-state index contributed by atoms with van der Waals surface area (Å²) in [6, 6.07) is 0. The van der Waals surface area contributed by atoms with E-state index in [1.807, 2.05) is 0 Å². The molecule has 0 aromatic carbocycles. The third-order valence-corrected chi connectivity index (χ3v) is 1.57. The van der Waals surface area contributed by atoms with Crippen LogP contribution in [0.3, 0.4) is 0 Å². The van der Waals surface area contributed by atoms with E-state index >= 15 is 0 Å². The fraction of sp³-hybridized carbons (Fsp3) is 0.571. The van der Waals surface area contributed by atoms with Crippen molar-refractivity contribution < 1.29 is 14.0 Å². The standard InChI is InChI=1S/C7H10FNO2/c1-4-7(6(10)3-8)5(2)11-9-4/h6,10H,3H2,1-2H3. The second-order valence-corrected chi connectivity index (χ2v) is 2.41. The van der Waals surface area contributed by atoms with Crippen LogP contribution < -0.4 is 0 Å². The molecule has 0 saturated heterocycles. The summed E-state index contributed by atoms with van der Waals surface area (Å²) in [7, 11) is 0. The van der Waals surface area contributed by atoms with E-state index in [1.54, 1.807) is 13.8 Å². The van der Waals surface area contributed by atoms with Crippen molar-refractivity contribution in [2.75, 3.05) is 6.67 Å². The molecule has 4 heteroatoms. The van der Waals surface area contributed by atoms with Gasteiger partial charge in [-0.3, -0.25) is 0 Å². The van der Waals surface area contributed by atoms with Crippen molar-refractivity contribution in [2.45, 2.75) is 20.0 Å². The summed E-state index contributed by atoms with van der Waals surface area (Å²) in [6.45, 7) is 2.52. The molecule has 1 aromatic heterocycles. The first-order valence-corrected chi connectivity index (χ1v) is 3.33. The van der Waals surface area contributed by atoms with Crippen LogP contribution in [-0.4, -0.2) is 16.9 Å². The van der Waals surface area contributed by atoms with E-state index in [4.69, 9.17) is 9.63 Å². The normalized spacial score (nSPS) is 13.5. The van der Waals surface area contributed by atoms with Crippen LogP contribution in [0.15, 0.2) is 4.52 Å². The molecule has 1 unspecified atom stereocenters. The van der Waals surface area contributed by atoms with Gasteiger partial charge in [0.15, 0.2) is 0 Å². The number of hydrogen-bond donors (Lipinski definition) is 1. The summed E-state index contributed by atoms with van der Waals surface area (Å²) in [5.74, 6) is 0.479. The monoisotopic (exact) mass is 159 g/mol. The van der Waals surface area contributed by atoms with Gasteiger partial charge in [0.2, 0.25) is 0 Å². The van der Waals surface area contributed by atoms with Gasteiger partial charge in [-0.05, 0) is 13.8 Å². The largest absolute Gasteiger partial charge is 0.385 e. The molecule has 0 amide bonds. The quantitative estimate of drug-likeness (QED) is 0.707. The van der Waals surface area contributed by atoms with Gasteiger partial charge in [-0.25, -0.2) is 4.39 Å². The van der Waals surface area contributed by atoms with Crippen molar-refractivity contribution in [1.82, 2.24) is 5.16 Å². The third-order valence-electron chi connectivity index (χ3n) is 1.57. The first-order valence-electron chi connectivity index (χ1n) is 3.33. The number of nitrogens with zero attached hydrogens (tertiary/aromatic N) is 1. The van der Waals surface area contributed by atoms with Crippen molar-refractivity contribution in [3.63, 3.8) is 0 Å². The third kappa shape index (κ3) is 1.40. The van der Waals surface area contributed by atoms with Gasteiger partial charge >= 0.3 is 0 Å². The molecule has 0 aliphatic heterocycles. The van der Waals surface area contributed by atoms with E-state index in [0.29, 0.717) is 17.0 Å². The molecule has 0 aliphatic carbocycles. The highest BCUT2D eigenvalue weighted by atomic mass is 19.1. The van der Waals surface area contributed by atoms with E-state index in [0.717, 1.165) is 0 Å². The molecule has 1 heterocycles. The summed E-state index contributed by atoms with van der Waals surface area (Å²) < 4.78 is 16.7. The number of rotatable bonds is 2. The Kier molecular flexibility index (Phi) is 2.24. The molecule has 62 valence electrons. The summed E-state index contributed by atoms with van der Waals surface area (Å²) in [5, 5.41) is 12.7. The Hall–Kier alpha value is -0.900. The summed E-state index contributed by atoms with van der Waals surface area (Å²) in [5.41, 5.74) is 1.01. The molecular weight excluding hydrogens is 149 g/mol. The average Bonchev–Trinajstić information content (AvgIpc) is 2.30. The van der Waals surface area contributed by atoms with Gasteiger partial charge in [-0.2, -0.15) is 0 Å². The topological polar surface area (TPSA) is 46.3 Å². The van der Waals surface area contributed by atoms with Crippen molar-refractivity contribution in [1.29, 1.82) is 0 Å². The Labute approximate surface area is 63.8 Å². The highest BCUT2D eigenvalue weighted by Gasteiger charge is 2.17. The maximum absolute atomic E-state index is 12.0. The first kappa shape index (κ1) is 8.20. The maximum Gasteiger partial charge on any atom is 0.139 e. The summed E-state index contributed by atoms with van der Waals surface area (Å²) in [4.78, 5) is 0. The van der Waals surface area contributed by atoms with Crippen molar-refractivity contribution in [3.05, 3.63) is 17.0 Å². The highest BCUT2D eigenvalue weighted by Crippen LogP contribution is 2.20. The number of aryl methyl sites for hydroxylation is 2. The highest BCUT2D eigenvalue weighted by molar-refractivity contribution is 5.23. The van der Waals surface area contributed by atoms with Crippen LogP contribution in [0, 0.1) is 13.8 Å². The molecular formula is C7H10FNO2. The van der Waals surface area contributed by atoms with E-state index < -0.39 is 12.8 Å². The van der Waals surface area contributed by atoms with Gasteiger partial charge in [0, 0.05) is 5.56 Å². The number of alkyl halides is 1. The molecule has 1 N–H and O–H groups in total. The van der Waals surface area contributed by atoms with Gasteiger partial charge in [-0.15, -0.1) is 0 Å². The minimum Gasteiger partial charge on any atom is -0.385 e. The second-order valence-electron chi connectivity index (χ2n) is 2.41. The fourth-order valence-corrected chi connectivity index (χ4v) is 1.04. The van der Waals surface area contributed by atoms with Gasteiger partial charge in [0.1, 0.15) is 18.5 Å². The zero-order valence-electron chi connectivity index (χ0n) is 6.47. The lowest BCUT2D eigenvalue weighted by Crippen LogP contribution is -2.01. The molecule has 1 rings (SSSR count). The number of aliphatic hydroxyl groups is 1. The van der Waals surface area contributed by atoms with E-state index in [2.05, 4.69) is 5.16 Å². The molecule has 0 fully saturated rings. The van der Waals surface area contributed by atoms with Crippen molar-refractivity contribution in [2.24, 2.45) is 0 Å². The molecule has 1 aromatic rings. The molecule has 0 aliphatic rings. The van der Waals surface area contributed by atoms with Crippen molar-refractivity contribution >= 4 is 0 Å². The number of hydrogen-bond acceptors (Lipinski definition) is 3. The second kappa shape index (κ2) is 3.00. The first-order chi connectivity index (χ1) is 5.16. The lowest BCUT2D eigenvalue weighted by atomic mass is 10.1. The minimum atomic E-state index is -1.10. The lowest BCUT2D eigenvalue weighted by Gasteiger charge is -2.03. The predicted molar refractivity (Wildman–Crippen MR) is 36.9 cm³/mol. The van der Waals surface area contributed by atoms with E-state index in [9.17, 15) is 4.39 Å². The van der Waals surface area contributed by atoms with Crippen LogP contribution in [0.5, 0.6) is 0 Å². The average molecular weight is 159 g/mol. The van der Waals surface area contributed by atoms with E-state index in [1.165, 1.54) is 0 Å². The summed E-state index contributed by atoms with van der Waals surface area (Å²) >= 11 is 0. The molecule has 0 radical (unpaired) electrons. The molecule has 1 atom stereocenters. The Bertz CT molecular complexity index is 227. The zero-order valence-corrected chi connectivity index (χ0v) is 6.47. The van der Waals surface area contributed by atoms with Crippen molar-refractivity contribution in [3.8, 4) is 0 Å². The Morgan fingerprint density at radius 1 is 1.64 bits per heavy atom. The molecule has 11 heavy (non-hydrogen) atoms. The molecule has 3 nitrogen and oxygen atoms in total. The van der Waals surface area contributed by atoms with Crippen LogP contribution in [0.2, 0.25) is 0 Å². The van der Waals surface area contributed by atoms with E-state index in [-0.39, 0.29) is 0 Å². The maximum atomic E-state index is 12.0. The Morgan fingerprint density at radius 2 is 2.27 bits per heavy atom. The molecule has 0 spiro atoms. The zero-order chi connectivity index (χ0) is 8.43. The van der Waals surface area contributed by atoms with Crippen LogP contribution in [0.25, 0.3) is 0 Å². The molecule has 0 saturated carbocycles. The lowest BCUT2D eigenvalue weighted by molar-refractivity contribution is 0.139. The predicted octanol–water partition coefficient (Wildman–Crippen LogP) is 1.29. The SMILES string of the molecule is Cc1noc(C)c1C(O)CF. The van der Waals surface area contributed by atoms with Crippen LogP contribution in [-0.2, 0) is 0 Å². The molecule has 0 bridgehead atoms. The van der Waals surface area contributed by atoms with Crippen LogP contribution in [0.1, 0.15) is 23.1 Å². The number of halogens is 1. The number of aromatic nitrogens is 1. The van der Waals surface area contributed by atoms with Gasteiger partial charge in [-0.1, -0.05) is 5.16 Å². The number of aliphatic hydroxyl groups excluding tert-OH is 1. The van der Waals surface area contributed by atoms with Gasteiger partial charge in [0.05, 0.1) is 5.69 Å². The van der Waals surface area contributed by atoms with Crippen LogP contribution in [0.4, 0.5) is 4.39 Å². The fourth-order valence-electron chi connectivity index (χ4n) is 1.04. The van der Waals surface area contributed by atoms with Gasteiger partial charge in [0.25, 0.3) is 0 Å². The van der Waals surface area contributed by atoms with Crippen LogP contribution >= 0.6 is 0 Å². The smallest absolute Gasteiger partial charge is 0.139 e.